The summed E-state index contributed by atoms with van der Waals surface area (Å²) in [5, 5.41) is 15.2. The van der Waals surface area contributed by atoms with Gasteiger partial charge in [-0.05, 0) is 43.5 Å². The molecule has 0 saturated carbocycles. The average Bonchev–Trinajstić information content (AvgIpc) is 3.36. The van der Waals surface area contributed by atoms with E-state index >= 15 is 0 Å². The van der Waals surface area contributed by atoms with Crippen molar-refractivity contribution >= 4 is 34.6 Å². The number of methoxy groups -OCH3 is 2. The van der Waals surface area contributed by atoms with Crippen LogP contribution in [0.5, 0.6) is 11.5 Å². The number of carbonyl (C=O) groups is 2. The van der Waals surface area contributed by atoms with Crippen molar-refractivity contribution in [2.45, 2.75) is 25.7 Å². The van der Waals surface area contributed by atoms with Gasteiger partial charge in [0.25, 0.3) is 5.91 Å². The average molecular weight is 482 g/mol. The summed E-state index contributed by atoms with van der Waals surface area (Å²) in [6, 6.07) is 12.6. The second kappa shape index (κ2) is 10.5. The van der Waals surface area contributed by atoms with E-state index in [1.54, 1.807) is 37.3 Å². The maximum Gasteiger partial charge on any atom is 0.321 e. The number of nitrogens with one attached hydrogen (secondary N) is 2. The van der Waals surface area contributed by atoms with Gasteiger partial charge in [0.1, 0.15) is 16.5 Å². The van der Waals surface area contributed by atoms with E-state index in [1.165, 1.54) is 11.3 Å². The fourth-order valence-electron chi connectivity index (χ4n) is 3.84. The Bertz CT molecular complexity index is 1180. The number of ether oxygens (including phenoxy) is 2. The first-order valence-corrected chi connectivity index (χ1v) is 11.8. The third-order valence-electron chi connectivity index (χ3n) is 5.74. The SMILES string of the molecule is COc1ccc(NC(=O)N2CCCC(c3nnc(C(=O)Nc4ccccc4C)s3)C2)c(OC)c1. The van der Waals surface area contributed by atoms with Crippen molar-refractivity contribution < 1.29 is 19.1 Å². The largest absolute Gasteiger partial charge is 0.497 e. The number of rotatable bonds is 6. The van der Waals surface area contributed by atoms with Gasteiger partial charge in [0, 0.05) is 30.8 Å². The number of hydrogen-bond donors (Lipinski definition) is 2. The molecule has 178 valence electrons. The molecule has 1 aromatic heterocycles. The third kappa shape index (κ3) is 5.28. The summed E-state index contributed by atoms with van der Waals surface area (Å²) in [4.78, 5) is 27.3. The molecule has 1 atom stereocenters. The Hall–Kier alpha value is -3.66. The first-order valence-electron chi connectivity index (χ1n) is 11.0. The van der Waals surface area contributed by atoms with Crippen molar-refractivity contribution in [3.63, 3.8) is 0 Å². The van der Waals surface area contributed by atoms with Crippen LogP contribution >= 0.6 is 11.3 Å². The molecule has 2 N–H and O–H groups in total. The van der Waals surface area contributed by atoms with Gasteiger partial charge in [-0.25, -0.2) is 4.79 Å². The number of anilines is 2. The molecule has 10 heteroatoms. The van der Waals surface area contributed by atoms with Gasteiger partial charge in [-0.3, -0.25) is 4.79 Å². The summed E-state index contributed by atoms with van der Waals surface area (Å²) < 4.78 is 10.6. The Morgan fingerprint density at radius 1 is 1.06 bits per heavy atom. The van der Waals surface area contributed by atoms with E-state index in [-0.39, 0.29) is 17.9 Å². The van der Waals surface area contributed by atoms with Crippen LogP contribution in [0.4, 0.5) is 16.2 Å². The van der Waals surface area contributed by atoms with Crippen molar-refractivity contribution in [2.75, 3.05) is 37.9 Å². The molecule has 0 radical (unpaired) electrons. The van der Waals surface area contributed by atoms with Crippen LogP contribution in [0.15, 0.2) is 42.5 Å². The highest BCUT2D eigenvalue weighted by Gasteiger charge is 2.28. The number of amides is 3. The Balaban J connectivity index is 1.40. The molecule has 4 rings (SSSR count). The number of piperidine rings is 1. The molecule has 34 heavy (non-hydrogen) atoms. The van der Waals surface area contributed by atoms with Gasteiger partial charge in [-0.1, -0.05) is 29.5 Å². The molecule has 1 saturated heterocycles. The molecule has 2 aromatic carbocycles. The first kappa shape index (κ1) is 23.5. The van der Waals surface area contributed by atoms with E-state index in [9.17, 15) is 9.59 Å². The number of hydrogen-bond acceptors (Lipinski definition) is 7. The number of aromatic nitrogens is 2. The highest BCUT2D eigenvalue weighted by atomic mass is 32.1. The van der Waals surface area contributed by atoms with Crippen molar-refractivity contribution in [1.82, 2.24) is 15.1 Å². The van der Waals surface area contributed by atoms with Crippen LogP contribution in [0.25, 0.3) is 0 Å². The lowest BCUT2D eigenvalue weighted by molar-refractivity contribution is 0.102. The van der Waals surface area contributed by atoms with Gasteiger partial charge in [0.2, 0.25) is 5.01 Å². The summed E-state index contributed by atoms with van der Waals surface area (Å²) >= 11 is 1.27. The fourth-order valence-corrected chi connectivity index (χ4v) is 4.70. The van der Waals surface area contributed by atoms with Gasteiger partial charge in [-0.2, -0.15) is 0 Å². The molecule has 3 aromatic rings. The number of carbonyl (C=O) groups excluding carboxylic acids is 2. The van der Waals surface area contributed by atoms with E-state index < -0.39 is 0 Å². The summed E-state index contributed by atoms with van der Waals surface area (Å²) in [5.41, 5.74) is 2.29. The predicted octanol–water partition coefficient (Wildman–Crippen LogP) is 4.53. The maximum atomic E-state index is 12.9. The van der Waals surface area contributed by atoms with E-state index in [2.05, 4.69) is 20.8 Å². The van der Waals surface area contributed by atoms with Crippen molar-refractivity contribution in [1.29, 1.82) is 0 Å². The molecular formula is C24H27N5O4S. The minimum Gasteiger partial charge on any atom is -0.497 e. The van der Waals surface area contributed by atoms with Crippen LogP contribution in [-0.2, 0) is 0 Å². The van der Waals surface area contributed by atoms with E-state index in [1.807, 2.05) is 31.2 Å². The molecule has 9 nitrogen and oxygen atoms in total. The quantitative estimate of drug-likeness (QED) is 0.536. The zero-order valence-corrected chi connectivity index (χ0v) is 20.1. The van der Waals surface area contributed by atoms with Crippen LogP contribution in [0.2, 0.25) is 0 Å². The highest BCUT2D eigenvalue weighted by molar-refractivity contribution is 7.13. The second-order valence-electron chi connectivity index (χ2n) is 8.00. The first-order chi connectivity index (χ1) is 16.5. The zero-order chi connectivity index (χ0) is 24.1. The number of aryl methyl sites for hydroxylation is 1. The van der Waals surface area contributed by atoms with E-state index in [0.717, 1.165) is 29.1 Å². The molecule has 1 aliphatic heterocycles. The van der Waals surface area contributed by atoms with Gasteiger partial charge in [-0.15, -0.1) is 10.2 Å². The fraction of sp³-hybridized carbons (Fsp3) is 0.333. The van der Waals surface area contributed by atoms with Crippen molar-refractivity contribution in [3.8, 4) is 11.5 Å². The zero-order valence-electron chi connectivity index (χ0n) is 19.3. The smallest absolute Gasteiger partial charge is 0.321 e. The number of nitrogens with zero attached hydrogens (tertiary/aromatic N) is 3. The molecule has 0 spiro atoms. The lowest BCUT2D eigenvalue weighted by Crippen LogP contribution is -2.41. The number of urea groups is 1. The van der Waals surface area contributed by atoms with Crippen molar-refractivity contribution in [2.24, 2.45) is 0 Å². The molecule has 3 amide bonds. The van der Waals surface area contributed by atoms with Crippen molar-refractivity contribution in [3.05, 3.63) is 58.0 Å². The standard InChI is InChI=1S/C24H27N5O4S/c1-15-7-4-5-9-18(15)25-21(30)23-28-27-22(34-23)16-8-6-12-29(14-16)24(31)26-19-11-10-17(32-2)13-20(19)33-3/h4-5,7,9-11,13,16H,6,8,12,14H2,1-3H3,(H,25,30)(H,26,31). The van der Waals surface area contributed by atoms with Crippen LogP contribution < -0.4 is 20.1 Å². The Kier molecular flexibility index (Phi) is 7.27. The maximum absolute atomic E-state index is 12.9. The molecule has 1 unspecified atom stereocenters. The van der Waals surface area contributed by atoms with E-state index in [4.69, 9.17) is 9.47 Å². The number of likely N-dealkylation sites (tertiary alicyclic amines) is 1. The lowest BCUT2D eigenvalue weighted by atomic mass is 9.99. The monoisotopic (exact) mass is 481 g/mol. The Morgan fingerprint density at radius 3 is 2.65 bits per heavy atom. The van der Waals surface area contributed by atoms with Crippen LogP contribution in [0, 0.1) is 6.92 Å². The molecule has 2 heterocycles. The van der Waals surface area contributed by atoms with Gasteiger partial charge >= 0.3 is 6.03 Å². The predicted molar refractivity (Wildman–Crippen MR) is 131 cm³/mol. The molecule has 0 aliphatic carbocycles. The van der Waals surface area contributed by atoms with Crippen LogP contribution in [0.3, 0.4) is 0 Å². The van der Waals surface area contributed by atoms with E-state index in [0.29, 0.717) is 35.3 Å². The van der Waals surface area contributed by atoms with Gasteiger partial charge in [0.05, 0.1) is 19.9 Å². The van der Waals surface area contributed by atoms with Crippen LogP contribution in [-0.4, -0.2) is 54.3 Å². The summed E-state index contributed by atoms with van der Waals surface area (Å²) in [6.45, 7) is 3.07. The Labute approximate surface area is 202 Å². The molecule has 0 bridgehead atoms. The summed E-state index contributed by atoms with van der Waals surface area (Å²) in [7, 11) is 3.12. The molecular weight excluding hydrogens is 454 g/mol. The third-order valence-corrected chi connectivity index (χ3v) is 6.82. The summed E-state index contributed by atoms with van der Waals surface area (Å²) in [6.07, 6.45) is 1.71. The summed E-state index contributed by atoms with van der Waals surface area (Å²) in [5.74, 6) is 0.908. The second-order valence-corrected chi connectivity index (χ2v) is 9.01. The normalized spacial score (nSPS) is 15.5. The van der Waals surface area contributed by atoms with Gasteiger partial charge in [0.15, 0.2) is 0 Å². The minimum absolute atomic E-state index is 0.0229. The minimum atomic E-state index is -0.282. The van der Waals surface area contributed by atoms with Crippen LogP contribution in [0.1, 0.15) is 39.1 Å². The topological polar surface area (TPSA) is 106 Å². The number of para-hydroxylation sites is 1. The Morgan fingerprint density at radius 2 is 1.88 bits per heavy atom. The van der Waals surface area contributed by atoms with Gasteiger partial charge < -0.3 is 25.0 Å². The lowest BCUT2D eigenvalue weighted by Gasteiger charge is -2.31. The molecule has 1 fully saturated rings. The number of benzene rings is 2. The molecule has 1 aliphatic rings. The highest BCUT2D eigenvalue weighted by Crippen LogP contribution is 2.32.